The third-order valence-electron chi connectivity index (χ3n) is 4.47. The van der Waals surface area contributed by atoms with Crippen molar-refractivity contribution < 1.29 is 4.39 Å². The number of hydrogen-bond donors (Lipinski definition) is 1. The minimum absolute atomic E-state index is 0.224. The van der Waals surface area contributed by atoms with E-state index in [9.17, 15) is 4.39 Å². The van der Waals surface area contributed by atoms with Crippen LogP contribution < -0.4 is 4.90 Å². The normalized spacial score (nSPS) is 16.2. The first-order valence-electron chi connectivity index (χ1n) is 7.88. The van der Waals surface area contributed by atoms with Gasteiger partial charge in [0.1, 0.15) is 11.6 Å². The van der Waals surface area contributed by atoms with Crippen LogP contribution in [0.2, 0.25) is 0 Å². The second-order valence-corrected chi connectivity index (χ2v) is 6.08. The summed E-state index contributed by atoms with van der Waals surface area (Å²) in [7, 11) is 2.14. The Morgan fingerprint density at radius 3 is 2.70 bits per heavy atom. The molecule has 3 heterocycles. The topological polar surface area (TPSA) is 35.2 Å². The molecule has 1 aromatic carbocycles. The van der Waals surface area contributed by atoms with Crippen LogP contribution in [0.3, 0.4) is 0 Å². The molecule has 0 atom stereocenters. The molecule has 0 bridgehead atoms. The summed E-state index contributed by atoms with van der Waals surface area (Å²) < 4.78 is 13.5. The molecule has 0 saturated carbocycles. The Morgan fingerprint density at radius 1 is 1.09 bits per heavy atom. The highest BCUT2D eigenvalue weighted by atomic mass is 19.1. The van der Waals surface area contributed by atoms with Gasteiger partial charge in [-0.15, -0.1) is 0 Å². The second-order valence-electron chi connectivity index (χ2n) is 6.08. The number of H-pyrrole nitrogens is 1. The van der Waals surface area contributed by atoms with Crippen LogP contribution >= 0.6 is 0 Å². The molecule has 1 fully saturated rings. The first kappa shape index (κ1) is 14.2. The average molecular weight is 310 g/mol. The molecule has 0 unspecified atom stereocenters. The Bertz CT molecular complexity index is 834. The molecule has 0 radical (unpaired) electrons. The molecule has 0 amide bonds. The van der Waals surface area contributed by atoms with E-state index < -0.39 is 0 Å². The van der Waals surface area contributed by atoms with E-state index in [1.165, 1.54) is 6.07 Å². The maximum absolute atomic E-state index is 13.5. The van der Waals surface area contributed by atoms with Crippen molar-refractivity contribution in [2.24, 2.45) is 0 Å². The van der Waals surface area contributed by atoms with E-state index in [1.807, 2.05) is 18.3 Å². The van der Waals surface area contributed by atoms with Crippen LogP contribution in [0.4, 0.5) is 10.2 Å². The van der Waals surface area contributed by atoms with Gasteiger partial charge in [-0.25, -0.2) is 9.37 Å². The summed E-state index contributed by atoms with van der Waals surface area (Å²) in [6.07, 6.45) is 1.84. The largest absolute Gasteiger partial charge is 0.354 e. The number of pyridine rings is 1. The summed E-state index contributed by atoms with van der Waals surface area (Å²) in [6.45, 7) is 4.03. The minimum Gasteiger partial charge on any atom is -0.354 e. The zero-order valence-corrected chi connectivity index (χ0v) is 13.1. The highest BCUT2D eigenvalue weighted by molar-refractivity contribution is 5.94. The molecule has 1 aliphatic heterocycles. The number of aromatic nitrogens is 2. The standard InChI is InChI=1S/C18H19FN4/c1-22-7-9-23(10-8-22)18-15-12-17(21-16(15)5-6-20-18)13-3-2-4-14(19)11-13/h2-6,11-12,21H,7-10H2,1H3. The van der Waals surface area contributed by atoms with Crippen molar-refractivity contribution >= 4 is 16.7 Å². The van der Waals surface area contributed by atoms with Gasteiger partial charge in [0.2, 0.25) is 0 Å². The van der Waals surface area contributed by atoms with E-state index in [0.717, 1.165) is 54.2 Å². The van der Waals surface area contributed by atoms with Crippen LogP contribution in [0.1, 0.15) is 0 Å². The Kier molecular flexibility index (Phi) is 3.50. The predicted octanol–water partition coefficient (Wildman–Crippen LogP) is 3.12. The van der Waals surface area contributed by atoms with Crippen molar-refractivity contribution in [2.45, 2.75) is 0 Å². The molecular weight excluding hydrogens is 291 g/mol. The molecule has 2 aromatic heterocycles. The van der Waals surface area contributed by atoms with Gasteiger partial charge in [0.05, 0.1) is 5.52 Å². The van der Waals surface area contributed by atoms with Gasteiger partial charge in [-0.05, 0) is 31.3 Å². The van der Waals surface area contributed by atoms with E-state index in [2.05, 4.69) is 32.9 Å². The Hall–Kier alpha value is -2.40. The summed E-state index contributed by atoms with van der Waals surface area (Å²) in [4.78, 5) is 12.6. The van der Waals surface area contributed by atoms with Crippen molar-refractivity contribution in [3.05, 3.63) is 48.4 Å². The Labute approximate surface area is 134 Å². The van der Waals surface area contributed by atoms with Crippen LogP contribution in [0.25, 0.3) is 22.2 Å². The molecule has 0 spiro atoms. The fraction of sp³-hybridized carbons (Fsp3) is 0.278. The summed E-state index contributed by atoms with van der Waals surface area (Å²) in [6, 6.07) is 10.7. The van der Waals surface area contributed by atoms with E-state index in [0.29, 0.717) is 0 Å². The smallest absolute Gasteiger partial charge is 0.138 e. The molecule has 4 nitrogen and oxygen atoms in total. The summed E-state index contributed by atoms with van der Waals surface area (Å²) in [5.74, 6) is 0.785. The van der Waals surface area contributed by atoms with Gasteiger partial charge in [-0.2, -0.15) is 0 Å². The third-order valence-corrected chi connectivity index (χ3v) is 4.47. The Balaban J connectivity index is 1.76. The van der Waals surface area contributed by atoms with Crippen LogP contribution in [-0.4, -0.2) is 48.1 Å². The minimum atomic E-state index is -0.224. The van der Waals surface area contributed by atoms with Crippen LogP contribution in [-0.2, 0) is 0 Å². The zero-order valence-electron chi connectivity index (χ0n) is 13.1. The molecular formula is C18H19FN4. The van der Waals surface area contributed by atoms with Crippen molar-refractivity contribution in [1.29, 1.82) is 0 Å². The van der Waals surface area contributed by atoms with Crippen molar-refractivity contribution in [3.8, 4) is 11.3 Å². The van der Waals surface area contributed by atoms with E-state index >= 15 is 0 Å². The molecule has 1 aliphatic rings. The number of rotatable bonds is 2. The molecule has 23 heavy (non-hydrogen) atoms. The van der Waals surface area contributed by atoms with E-state index in [-0.39, 0.29) is 5.82 Å². The lowest BCUT2D eigenvalue weighted by molar-refractivity contribution is 0.312. The molecule has 118 valence electrons. The first-order valence-corrected chi connectivity index (χ1v) is 7.88. The monoisotopic (exact) mass is 310 g/mol. The van der Waals surface area contributed by atoms with Gasteiger partial charge in [0.25, 0.3) is 0 Å². The molecule has 3 aromatic rings. The fourth-order valence-electron chi connectivity index (χ4n) is 3.12. The van der Waals surface area contributed by atoms with Gasteiger partial charge in [-0.3, -0.25) is 0 Å². The van der Waals surface area contributed by atoms with Crippen LogP contribution in [0, 0.1) is 5.82 Å². The number of piperazine rings is 1. The van der Waals surface area contributed by atoms with E-state index in [4.69, 9.17) is 0 Å². The number of nitrogens with zero attached hydrogens (tertiary/aromatic N) is 3. The summed E-state index contributed by atoms with van der Waals surface area (Å²) in [5.41, 5.74) is 2.81. The SMILES string of the molecule is CN1CCN(c2nccc3[nH]c(-c4cccc(F)c4)cc23)CC1. The fourth-order valence-corrected chi connectivity index (χ4v) is 3.12. The lowest BCUT2D eigenvalue weighted by Gasteiger charge is -2.33. The number of nitrogens with one attached hydrogen (secondary N) is 1. The second kappa shape index (κ2) is 5.66. The predicted molar refractivity (Wildman–Crippen MR) is 91.2 cm³/mol. The Morgan fingerprint density at radius 2 is 1.91 bits per heavy atom. The maximum Gasteiger partial charge on any atom is 0.138 e. The first-order chi connectivity index (χ1) is 11.2. The lowest BCUT2D eigenvalue weighted by Crippen LogP contribution is -2.44. The molecule has 1 saturated heterocycles. The van der Waals surface area contributed by atoms with Gasteiger partial charge in [0, 0.05) is 49.0 Å². The van der Waals surface area contributed by atoms with Gasteiger partial charge in [0.15, 0.2) is 0 Å². The van der Waals surface area contributed by atoms with Gasteiger partial charge >= 0.3 is 0 Å². The average Bonchev–Trinajstić information content (AvgIpc) is 3.00. The maximum atomic E-state index is 13.5. The van der Waals surface area contributed by atoms with Crippen molar-refractivity contribution in [3.63, 3.8) is 0 Å². The van der Waals surface area contributed by atoms with Crippen LogP contribution in [0.15, 0.2) is 42.6 Å². The van der Waals surface area contributed by atoms with Crippen LogP contribution in [0.5, 0.6) is 0 Å². The number of aromatic amines is 1. The summed E-state index contributed by atoms with van der Waals surface area (Å²) in [5, 5.41) is 1.09. The number of hydrogen-bond acceptors (Lipinski definition) is 3. The molecule has 0 aliphatic carbocycles. The van der Waals surface area contributed by atoms with Crippen molar-refractivity contribution in [1.82, 2.24) is 14.9 Å². The third kappa shape index (κ3) is 2.68. The number of anilines is 1. The molecule has 4 rings (SSSR count). The van der Waals surface area contributed by atoms with Gasteiger partial charge < -0.3 is 14.8 Å². The number of likely N-dealkylation sites (N-methyl/N-ethyl adjacent to an activating group) is 1. The zero-order chi connectivity index (χ0) is 15.8. The molecule has 1 N–H and O–H groups in total. The summed E-state index contributed by atoms with van der Waals surface area (Å²) >= 11 is 0. The quantitative estimate of drug-likeness (QED) is 0.790. The number of benzene rings is 1. The lowest BCUT2D eigenvalue weighted by atomic mass is 10.1. The highest BCUT2D eigenvalue weighted by Crippen LogP contribution is 2.30. The number of halogens is 1. The number of fused-ring (bicyclic) bond motifs is 1. The highest BCUT2D eigenvalue weighted by Gasteiger charge is 2.18. The molecule has 5 heteroatoms. The van der Waals surface area contributed by atoms with Gasteiger partial charge in [-0.1, -0.05) is 12.1 Å². The van der Waals surface area contributed by atoms with Crippen molar-refractivity contribution in [2.75, 3.05) is 38.1 Å². The van der Waals surface area contributed by atoms with E-state index in [1.54, 1.807) is 12.1 Å².